The lowest BCUT2D eigenvalue weighted by atomic mass is 9.86. The number of nitrogens with one attached hydrogen (secondary N) is 1. The third-order valence-corrected chi connectivity index (χ3v) is 5.22. The molecule has 1 aromatic carbocycles. The van der Waals surface area contributed by atoms with Crippen molar-refractivity contribution in [3.05, 3.63) is 29.3 Å². The second-order valence-corrected chi connectivity index (χ2v) is 7.73. The van der Waals surface area contributed by atoms with Crippen molar-refractivity contribution in [3.63, 3.8) is 0 Å². The summed E-state index contributed by atoms with van der Waals surface area (Å²) in [6.45, 7) is 4.29. The Labute approximate surface area is 178 Å². The van der Waals surface area contributed by atoms with Crippen LogP contribution < -0.4 is 14.8 Å². The molecule has 162 valence electrons. The first-order chi connectivity index (χ1) is 14.3. The van der Waals surface area contributed by atoms with Gasteiger partial charge in [-0.1, -0.05) is 25.8 Å². The van der Waals surface area contributed by atoms with Gasteiger partial charge in [-0.15, -0.1) is 0 Å². The summed E-state index contributed by atoms with van der Waals surface area (Å²) in [6, 6.07) is 7.21. The molecule has 0 radical (unpaired) electrons. The molecule has 1 N–H and O–H groups in total. The van der Waals surface area contributed by atoms with E-state index < -0.39 is 0 Å². The van der Waals surface area contributed by atoms with E-state index in [-0.39, 0.29) is 30.0 Å². The van der Waals surface area contributed by atoms with E-state index in [9.17, 15) is 14.9 Å². The number of amides is 2. The number of carbonyl (C=O) groups is 2. The highest BCUT2D eigenvalue weighted by molar-refractivity contribution is 6.01. The van der Waals surface area contributed by atoms with Gasteiger partial charge in [0.1, 0.15) is 11.6 Å². The quantitative estimate of drug-likeness (QED) is 0.522. The van der Waals surface area contributed by atoms with Crippen LogP contribution in [0.25, 0.3) is 6.08 Å². The van der Waals surface area contributed by atoms with Gasteiger partial charge in [0, 0.05) is 20.1 Å². The Balaban J connectivity index is 2.16. The first kappa shape index (κ1) is 23.3. The summed E-state index contributed by atoms with van der Waals surface area (Å²) in [5.74, 6) is 0.779. The molecule has 2 atom stereocenters. The van der Waals surface area contributed by atoms with Crippen LogP contribution in [0.2, 0.25) is 0 Å². The number of ether oxygens (including phenoxy) is 2. The lowest BCUT2D eigenvalue weighted by Crippen LogP contribution is -2.41. The van der Waals surface area contributed by atoms with Gasteiger partial charge in [-0.2, -0.15) is 5.26 Å². The molecule has 2 amide bonds. The number of rotatable bonds is 8. The van der Waals surface area contributed by atoms with Gasteiger partial charge in [-0.05, 0) is 49.5 Å². The fourth-order valence-corrected chi connectivity index (χ4v) is 3.36. The van der Waals surface area contributed by atoms with Gasteiger partial charge in [0.2, 0.25) is 0 Å². The van der Waals surface area contributed by atoms with E-state index in [2.05, 4.69) is 12.2 Å². The van der Waals surface area contributed by atoms with Crippen LogP contribution in [-0.4, -0.2) is 50.1 Å². The maximum atomic E-state index is 12.6. The van der Waals surface area contributed by atoms with Crippen LogP contribution in [0.3, 0.4) is 0 Å². The lowest BCUT2D eigenvalue weighted by Gasteiger charge is -2.29. The average molecular weight is 414 g/mol. The standard InChI is InChI=1S/C23H31N3O4/c1-5-29-21-13-17(10-11-20(21)30-15-22(27)26(3)4)12-18(14-24)23(28)25-19-9-7-6-8-16(19)2/h10-13,16,19H,5-9,15H2,1-4H3,(H,25,28)/b18-12+/t16-,19+/m1/s1. The molecule has 0 heterocycles. The largest absolute Gasteiger partial charge is 0.490 e. The minimum absolute atomic E-state index is 0.0478. The molecule has 0 bridgehead atoms. The number of hydrogen-bond acceptors (Lipinski definition) is 5. The van der Waals surface area contributed by atoms with Crippen LogP contribution in [0.1, 0.15) is 45.1 Å². The molecule has 30 heavy (non-hydrogen) atoms. The zero-order valence-corrected chi connectivity index (χ0v) is 18.2. The Morgan fingerprint density at radius 1 is 1.23 bits per heavy atom. The van der Waals surface area contributed by atoms with E-state index in [0.717, 1.165) is 19.3 Å². The Hall–Kier alpha value is -3.01. The van der Waals surface area contributed by atoms with Crippen LogP contribution in [0.15, 0.2) is 23.8 Å². The molecule has 0 saturated heterocycles. The first-order valence-electron chi connectivity index (χ1n) is 10.4. The second-order valence-electron chi connectivity index (χ2n) is 7.73. The van der Waals surface area contributed by atoms with Crippen LogP contribution in [0.5, 0.6) is 11.5 Å². The predicted octanol–water partition coefficient (Wildman–Crippen LogP) is 3.15. The maximum absolute atomic E-state index is 12.6. The summed E-state index contributed by atoms with van der Waals surface area (Å²) in [5, 5.41) is 12.5. The van der Waals surface area contributed by atoms with Gasteiger partial charge in [-0.3, -0.25) is 9.59 Å². The number of likely N-dealkylation sites (N-methyl/N-ethyl adjacent to an activating group) is 1. The van der Waals surface area contributed by atoms with Crippen molar-refractivity contribution in [2.45, 2.75) is 45.6 Å². The van der Waals surface area contributed by atoms with E-state index in [0.29, 0.717) is 29.6 Å². The molecule has 7 heteroatoms. The Kier molecular flexibility index (Phi) is 8.72. The van der Waals surface area contributed by atoms with Crippen LogP contribution >= 0.6 is 0 Å². The molecule has 0 spiro atoms. The molecular weight excluding hydrogens is 382 g/mol. The molecule has 0 unspecified atom stereocenters. The summed E-state index contributed by atoms with van der Waals surface area (Å²) >= 11 is 0. The highest BCUT2D eigenvalue weighted by Crippen LogP contribution is 2.30. The van der Waals surface area contributed by atoms with Crippen molar-refractivity contribution in [2.75, 3.05) is 27.3 Å². The summed E-state index contributed by atoms with van der Waals surface area (Å²) in [7, 11) is 3.32. The average Bonchev–Trinajstić information content (AvgIpc) is 2.72. The normalized spacial score (nSPS) is 18.8. The number of nitrogens with zero attached hydrogens (tertiary/aromatic N) is 2. The van der Waals surface area contributed by atoms with Gasteiger partial charge < -0.3 is 19.7 Å². The topological polar surface area (TPSA) is 91.7 Å². The lowest BCUT2D eigenvalue weighted by molar-refractivity contribution is -0.130. The maximum Gasteiger partial charge on any atom is 0.262 e. The number of benzene rings is 1. The summed E-state index contributed by atoms with van der Waals surface area (Å²) in [4.78, 5) is 25.8. The first-order valence-corrected chi connectivity index (χ1v) is 10.4. The highest BCUT2D eigenvalue weighted by atomic mass is 16.5. The molecule has 1 aliphatic carbocycles. The van der Waals surface area contributed by atoms with Crippen molar-refractivity contribution in [1.82, 2.24) is 10.2 Å². The molecule has 7 nitrogen and oxygen atoms in total. The van der Waals surface area contributed by atoms with Gasteiger partial charge in [0.25, 0.3) is 11.8 Å². The van der Waals surface area contributed by atoms with E-state index in [1.165, 1.54) is 11.3 Å². The van der Waals surface area contributed by atoms with Crippen LogP contribution in [0, 0.1) is 17.2 Å². The van der Waals surface area contributed by atoms with Crippen molar-refractivity contribution in [1.29, 1.82) is 5.26 Å². The minimum atomic E-state index is -0.355. The van der Waals surface area contributed by atoms with Crippen LogP contribution in [-0.2, 0) is 9.59 Å². The van der Waals surface area contributed by atoms with Crippen molar-refractivity contribution >= 4 is 17.9 Å². The fourth-order valence-electron chi connectivity index (χ4n) is 3.36. The number of carbonyl (C=O) groups excluding carboxylic acids is 2. The third kappa shape index (κ3) is 6.51. The monoisotopic (exact) mass is 413 g/mol. The van der Waals surface area contributed by atoms with Crippen molar-refractivity contribution in [3.8, 4) is 17.6 Å². The zero-order chi connectivity index (χ0) is 22.1. The fraction of sp³-hybridized carbons (Fsp3) is 0.522. The van der Waals surface area contributed by atoms with E-state index in [1.807, 2.05) is 13.0 Å². The molecule has 0 aliphatic heterocycles. The number of hydrogen-bond donors (Lipinski definition) is 1. The second kappa shape index (κ2) is 11.2. The van der Waals surface area contributed by atoms with Gasteiger partial charge in [-0.25, -0.2) is 0 Å². The molecule has 2 rings (SSSR count). The van der Waals surface area contributed by atoms with E-state index in [4.69, 9.17) is 9.47 Å². The minimum Gasteiger partial charge on any atom is -0.490 e. The van der Waals surface area contributed by atoms with E-state index in [1.54, 1.807) is 38.4 Å². The molecule has 1 saturated carbocycles. The molecule has 1 aromatic rings. The number of nitriles is 1. The van der Waals surface area contributed by atoms with Gasteiger partial charge in [0.05, 0.1) is 6.61 Å². The summed E-state index contributed by atoms with van der Waals surface area (Å²) in [6.07, 6.45) is 5.85. The molecular formula is C23H31N3O4. The Morgan fingerprint density at radius 3 is 2.60 bits per heavy atom. The third-order valence-electron chi connectivity index (χ3n) is 5.22. The van der Waals surface area contributed by atoms with E-state index >= 15 is 0 Å². The molecule has 1 aliphatic rings. The van der Waals surface area contributed by atoms with Crippen molar-refractivity contribution < 1.29 is 19.1 Å². The Bertz CT molecular complexity index is 826. The van der Waals surface area contributed by atoms with Gasteiger partial charge >= 0.3 is 0 Å². The van der Waals surface area contributed by atoms with Crippen molar-refractivity contribution in [2.24, 2.45) is 5.92 Å². The summed E-state index contributed by atoms with van der Waals surface area (Å²) < 4.78 is 11.2. The SMILES string of the molecule is CCOc1cc(/C=C(\C#N)C(=O)N[C@H]2CCCC[C@H]2C)ccc1OCC(=O)N(C)C. The summed E-state index contributed by atoms with van der Waals surface area (Å²) in [5.41, 5.74) is 0.694. The highest BCUT2D eigenvalue weighted by Gasteiger charge is 2.24. The van der Waals surface area contributed by atoms with Gasteiger partial charge in [0.15, 0.2) is 18.1 Å². The van der Waals surface area contributed by atoms with Crippen LogP contribution in [0.4, 0.5) is 0 Å². The smallest absolute Gasteiger partial charge is 0.262 e. The molecule has 0 aromatic heterocycles. The Morgan fingerprint density at radius 2 is 1.97 bits per heavy atom. The zero-order valence-electron chi connectivity index (χ0n) is 18.2. The predicted molar refractivity (Wildman–Crippen MR) is 115 cm³/mol. The molecule has 1 fully saturated rings.